The highest BCUT2D eigenvalue weighted by atomic mass is 14.9. The summed E-state index contributed by atoms with van der Waals surface area (Å²) in [4.78, 5) is 7.55. The van der Waals surface area contributed by atoms with E-state index in [1.165, 1.54) is 16.5 Å². The van der Waals surface area contributed by atoms with E-state index in [1.54, 1.807) is 0 Å². The molecule has 2 heterocycles. The molecule has 0 amide bonds. The maximum Gasteiger partial charge on any atom is 0.137 e. The minimum Gasteiger partial charge on any atom is -0.346 e. The minimum absolute atomic E-state index is 0.506. The number of fused-ring (bicyclic) bond motifs is 1. The topological polar surface area (TPSA) is 40.7 Å². The van der Waals surface area contributed by atoms with Gasteiger partial charge in [-0.3, -0.25) is 0 Å². The molecule has 2 aromatic heterocycles. The zero-order valence-electron chi connectivity index (χ0n) is 12.2. The quantitative estimate of drug-likeness (QED) is 0.859. The zero-order chi connectivity index (χ0) is 13.8. The molecule has 0 saturated carbocycles. The summed E-state index contributed by atoms with van der Waals surface area (Å²) in [5, 5.41) is 4.68. The molecule has 0 aliphatic heterocycles. The van der Waals surface area contributed by atoms with Gasteiger partial charge in [-0.15, -0.1) is 0 Å². The Balaban J connectivity index is 2.30. The third kappa shape index (κ3) is 3.44. The van der Waals surface area contributed by atoms with Crippen molar-refractivity contribution in [3.63, 3.8) is 0 Å². The van der Waals surface area contributed by atoms with Gasteiger partial charge >= 0.3 is 0 Å². The molecule has 3 heteroatoms. The van der Waals surface area contributed by atoms with E-state index in [4.69, 9.17) is 0 Å². The van der Waals surface area contributed by atoms with Crippen LogP contribution in [0.25, 0.3) is 17.1 Å². The monoisotopic (exact) mass is 257 g/mol. The summed E-state index contributed by atoms with van der Waals surface area (Å²) in [6, 6.07) is 4.60. The van der Waals surface area contributed by atoms with Gasteiger partial charge in [0.25, 0.3) is 0 Å². The van der Waals surface area contributed by atoms with Crippen LogP contribution in [0.2, 0.25) is 0 Å². The molecule has 2 rings (SSSR count). The average molecular weight is 257 g/mol. The van der Waals surface area contributed by atoms with Gasteiger partial charge in [-0.25, -0.2) is 4.98 Å². The van der Waals surface area contributed by atoms with Gasteiger partial charge in [-0.2, -0.15) is 0 Å². The van der Waals surface area contributed by atoms with Crippen LogP contribution in [-0.4, -0.2) is 22.6 Å². The predicted molar refractivity (Wildman–Crippen MR) is 82.0 cm³/mol. The van der Waals surface area contributed by atoms with Gasteiger partial charge in [0.05, 0.1) is 0 Å². The predicted octanol–water partition coefficient (Wildman–Crippen LogP) is 3.60. The first-order chi connectivity index (χ1) is 9.08. The van der Waals surface area contributed by atoms with Crippen LogP contribution in [0.15, 0.2) is 30.1 Å². The van der Waals surface area contributed by atoms with Gasteiger partial charge in [0.1, 0.15) is 5.65 Å². The second kappa shape index (κ2) is 6.02. The van der Waals surface area contributed by atoms with Crippen molar-refractivity contribution in [2.24, 2.45) is 5.92 Å². The van der Waals surface area contributed by atoms with E-state index in [9.17, 15) is 0 Å². The molecule has 0 saturated heterocycles. The van der Waals surface area contributed by atoms with Crippen LogP contribution < -0.4 is 5.32 Å². The number of aromatic nitrogens is 2. The number of hydrogen-bond acceptors (Lipinski definition) is 2. The largest absolute Gasteiger partial charge is 0.346 e. The Labute approximate surface area is 115 Å². The van der Waals surface area contributed by atoms with Crippen LogP contribution in [0.5, 0.6) is 0 Å². The number of pyridine rings is 1. The lowest BCUT2D eigenvalue weighted by molar-refractivity contribution is 0.593. The highest BCUT2D eigenvalue weighted by Gasteiger charge is 2.07. The van der Waals surface area contributed by atoms with Crippen molar-refractivity contribution in [1.29, 1.82) is 0 Å². The molecule has 19 heavy (non-hydrogen) atoms. The number of aromatic amines is 1. The number of nitrogens with one attached hydrogen (secondary N) is 2. The first-order valence-corrected chi connectivity index (χ1v) is 6.94. The van der Waals surface area contributed by atoms with Crippen LogP contribution in [0.4, 0.5) is 0 Å². The SMILES string of the molecule is CC(C)NCC(=Cc1c[nH]c2ncccc12)C(C)C. The third-order valence-corrected chi connectivity index (χ3v) is 3.28. The van der Waals surface area contributed by atoms with E-state index < -0.39 is 0 Å². The zero-order valence-corrected chi connectivity index (χ0v) is 12.2. The van der Waals surface area contributed by atoms with E-state index in [-0.39, 0.29) is 0 Å². The molecule has 0 aliphatic rings. The Hall–Kier alpha value is -1.61. The second-order valence-corrected chi connectivity index (χ2v) is 5.55. The molecule has 102 valence electrons. The lowest BCUT2D eigenvalue weighted by Crippen LogP contribution is -2.26. The first-order valence-electron chi connectivity index (χ1n) is 6.94. The smallest absolute Gasteiger partial charge is 0.137 e. The Morgan fingerprint density at radius 3 is 2.84 bits per heavy atom. The average Bonchev–Trinajstić information content (AvgIpc) is 2.77. The first kappa shape index (κ1) is 13.8. The van der Waals surface area contributed by atoms with E-state index in [0.717, 1.165) is 12.2 Å². The summed E-state index contributed by atoms with van der Waals surface area (Å²) in [5.41, 5.74) is 3.59. The summed E-state index contributed by atoms with van der Waals surface area (Å²) in [5.74, 6) is 0.535. The van der Waals surface area contributed by atoms with Gasteiger partial charge in [0.15, 0.2) is 0 Å². The highest BCUT2D eigenvalue weighted by molar-refractivity contribution is 5.86. The maximum absolute atomic E-state index is 4.33. The molecule has 0 aliphatic carbocycles. The summed E-state index contributed by atoms with van der Waals surface area (Å²) >= 11 is 0. The van der Waals surface area contributed by atoms with E-state index in [0.29, 0.717) is 12.0 Å². The van der Waals surface area contributed by atoms with Crippen molar-refractivity contribution in [1.82, 2.24) is 15.3 Å². The molecular weight excluding hydrogens is 234 g/mol. The van der Waals surface area contributed by atoms with Crippen molar-refractivity contribution in [2.75, 3.05) is 6.54 Å². The van der Waals surface area contributed by atoms with E-state index in [2.05, 4.69) is 55.1 Å². The lowest BCUT2D eigenvalue weighted by atomic mass is 10.00. The molecule has 3 nitrogen and oxygen atoms in total. The van der Waals surface area contributed by atoms with Gasteiger partial charge in [-0.1, -0.05) is 39.3 Å². The Kier molecular flexibility index (Phi) is 4.38. The molecule has 0 radical (unpaired) electrons. The van der Waals surface area contributed by atoms with Crippen molar-refractivity contribution in [2.45, 2.75) is 33.7 Å². The Bertz CT molecular complexity index is 564. The van der Waals surface area contributed by atoms with Crippen LogP contribution in [-0.2, 0) is 0 Å². The standard InChI is InChI=1S/C16H23N3/c1-11(2)13(9-18-12(3)4)8-14-10-19-16-15(14)6-5-7-17-16/h5-8,10-12,18H,9H2,1-4H3,(H,17,19). The fourth-order valence-electron chi connectivity index (χ4n) is 2.04. The van der Waals surface area contributed by atoms with E-state index in [1.807, 2.05) is 18.5 Å². The molecule has 0 atom stereocenters. The molecule has 0 aromatic carbocycles. The van der Waals surface area contributed by atoms with Gasteiger partial charge in [0, 0.05) is 35.9 Å². The minimum atomic E-state index is 0.506. The van der Waals surface area contributed by atoms with Gasteiger partial charge in [-0.05, 0) is 18.1 Å². The number of nitrogens with zero attached hydrogens (tertiary/aromatic N) is 1. The van der Waals surface area contributed by atoms with Gasteiger partial charge in [0.2, 0.25) is 0 Å². The fourth-order valence-corrected chi connectivity index (χ4v) is 2.04. The van der Waals surface area contributed by atoms with Crippen LogP contribution in [0.3, 0.4) is 0 Å². The van der Waals surface area contributed by atoms with Crippen molar-refractivity contribution < 1.29 is 0 Å². The molecule has 0 bridgehead atoms. The molecule has 2 N–H and O–H groups in total. The summed E-state index contributed by atoms with van der Waals surface area (Å²) in [6.45, 7) is 9.76. The van der Waals surface area contributed by atoms with Gasteiger partial charge < -0.3 is 10.3 Å². The van der Waals surface area contributed by atoms with Crippen LogP contribution in [0, 0.1) is 5.92 Å². The van der Waals surface area contributed by atoms with Crippen molar-refractivity contribution in [3.05, 3.63) is 35.7 Å². The lowest BCUT2D eigenvalue weighted by Gasteiger charge is -2.14. The molecular formula is C16H23N3. The summed E-state index contributed by atoms with van der Waals surface area (Å²) < 4.78 is 0. The number of hydrogen-bond donors (Lipinski definition) is 2. The number of H-pyrrole nitrogens is 1. The summed E-state index contributed by atoms with van der Waals surface area (Å²) in [6.07, 6.45) is 6.13. The molecule has 0 unspecified atom stereocenters. The van der Waals surface area contributed by atoms with Crippen LogP contribution in [0.1, 0.15) is 33.3 Å². The maximum atomic E-state index is 4.33. The number of rotatable bonds is 5. The molecule has 0 fully saturated rings. The third-order valence-electron chi connectivity index (χ3n) is 3.28. The Morgan fingerprint density at radius 1 is 1.37 bits per heavy atom. The molecule has 2 aromatic rings. The Morgan fingerprint density at radius 2 is 2.16 bits per heavy atom. The highest BCUT2D eigenvalue weighted by Crippen LogP contribution is 2.21. The molecule has 0 spiro atoms. The van der Waals surface area contributed by atoms with Crippen LogP contribution >= 0.6 is 0 Å². The van der Waals surface area contributed by atoms with Crippen molar-refractivity contribution in [3.8, 4) is 0 Å². The van der Waals surface area contributed by atoms with E-state index >= 15 is 0 Å². The normalized spacial score (nSPS) is 12.8. The second-order valence-electron chi connectivity index (χ2n) is 5.55. The fraction of sp³-hybridized carbons (Fsp3) is 0.438. The van der Waals surface area contributed by atoms with Crippen molar-refractivity contribution >= 4 is 17.1 Å². The summed E-state index contributed by atoms with van der Waals surface area (Å²) in [7, 11) is 0.